The smallest absolute Gasteiger partial charge is 0.234 e. The average Bonchev–Trinajstić information content (AvgIpc) is 2.46. The Morgan fingerprint density at radius 2 is 1.76 bits per heavy atom. The SMILES string of the molecule is CC(C)(C)SCC(=O)Nc1cnc(-c2ccccc2)nc1. The van der Waals surface area contributed by atoms with Gasteiger partial charge in [0.2, 0.25) is 5.91 Å². The summed E-state index contributed by atoms with van der Waals surface area (Å²) >= 11 is 1.61. The number of nitrogens with one attached hydrogen (secondary N) is 1. The highest BCUT2D eigenvalue weighted by atomic mass is 32.2. The minimum absolute atomic E-state index is 0.0361. The summed E-state index contributed by atoms with van der Waals surface area (Å²) in [5, 5.41) is 2.81. The molecule has 0 saturated carbocycles. The molecule has 1 N–H and O–H groups in total. The fourth-order valence-electron chi connectivity index (χ4n) is 1.61. The van der Waals surface area contributed by atoms with Crippen molar-refractivity contribution in [1.29, 1.82) is 0 Å². The number of aromatic nitrogens is 2. The molecule has 0 saturated heterocycles. The van der Waals surface area contributed by atoms with Gasteiger partial charge in [0.15, 0.2) is 5.82 Å². The fourth-order valence-corrected chi connectivity index (χ4v) is 2.24. The largest absolute Gasteiger partial charge is 0.323 e. The van der Waals surface area contributed by atoms with Crippen molar-refractivity contribution in [2.24, 2.45) is 0 Å². The van der Waals surface area contributed by atoms with E-state index in [4.69, 9.17) is 0 Å². The zero-order valence-corrected chi connectivity index (χ0v) is 13.3. The third kappa shape index (κ3) is 5.19. The topological polar surface area (TPSA) is 54.9 Å². The van der Waals surface area contributed by atoms with Crippen molar-refractivity contribution < 1.29 is 4.79 Å². The van der Waals surface area contributed by atoms with Crippen LogP contribution in [0, 0.1) is 0 Å². The minimum Gasteiger partial charge on any atom is -0.323 e. The summed E-state index contributed by atoms with van der Waals surface area (Å²) in [7, 11) is 0. The first kappa shape index (κ1) is 15.5. The van der Waals surface area contributed by atoms with E-state index in [1.54, 1.807) is 24.2 Å². The van der Waals surface area contributed by atoms with Gasteiger partial charge < -0.3 is 5.32 Å². The number of amides is 1. The summed E-state index contributed by atoms with van der Waals surface area (Å²) in [4.78, 5) is 20.4. The molecular formula is C16H19N3OS. The summed E-state index contributed by atoms with van der Waals surface area (Å²) in [5.41, 5.74) is 1.58. The molecule has 1 heterocycles. The van der Waals surface area contributed by atoms with Crippen LogP contribution in [0.25, 0.3) is 11.4 Å². The first-order valence-corrected chi connectivity index (χ1v) is 7.74. The fraction of sp³-hybridized carbons (Fsp3) is 0.312. The first-order valence-electron chi connectivity index (χ1n) is 6.75. The Hall–Kier alpha value is -1.88. The quantitative estimate of drug-likeness (QED) is 0.937. The van der Waals surface area contributed by atoms with Gasteiger partial charge in [0, 0.05) is 10.3 Å². The number of benzene rings is 1. The lowest BCUT2D eigenvalue weighted by Crippen LogP contribution is -2.19. The number of carbonyl (C=O) groups is 1. The molecule has 1 aromatic heterocycles. The molecule has 0 aliphatic heterocycles. The third-order valence-electron chi connectivity index (χ3n) is 2.60. The zero-order valence-electron chi connectivity index (χ0n) is 12.5. The molecule has 0 radical (unpaired) electrons. The van der Waals surface area contributed by atoms with Crippen LogP contribution in [0.5, 0.6) is 0 Å². The van der Waals surface area contributed by atoms with Crippen molar-refractivity contribution in [1.82, 2.24) is 9.97 Å². The number of carbonyl (C=O) groups excluding carboxylic acids is 1. The molecular weight excluding hydrogens is 282 g/mol. The molecule has 0 aliphatic rings. The molecule has 0 spiro atoms. The van der Waals surface area contributed by atoms with E-state index >= 15 is 0 Å². The van der Waals surface area contributed by atoms with E-state index in [0.717, 1.165) is 5.56 Å². The zero-order chi connectivity index (χ0) is 15.3. The van der Waals surface area contributed by atoms with Crippen LogP contribution >= 0.6 is 11.8 Å². The number of hydrogen-bond acceptors (Lipinski definition) is 4. The van der Waals surface area contributed by atoms with E-state index in [1.165, 1.54) is 0 Å². The second kappa shape index (κ2) is 6.72. The molecule has 5 heteroatoms. The second-order valence-electron chi connectivity index (χ2n) is 5.61. The maximum absolute atomic E-state index is 11.8. The lowest BCUT2D eigenvalue weighted by atomic mass is 10.2. The molecule has 0 unspecified atom stereocenters. The average molecular weight is 301 g/mol. The predicted molar refractivity (Wildman–Crippen MR) is 88.3 cm³/mol. The highest BCUT2D eigenvalue weighted by Gasteiger charge is 2.13. The van der Waals surface area contributed by atoms with Crippen molar-refractivity contribution in [2.75, 3.05) is 11.1 Å². The minimum atomic E-state index is -0.0361. The van der Waals surface area contributed by atoms with E-state index in [1.807, 2.05) is 30.3 Å². The molecule has 1 amide bonds. The van der Waals surface area contributed by atoms with Gasteiger partial charge in [-0.05, 0) is 0 Å². The van der Waals surface area contributed by atoms with Crippen LogP contribution in [0.15, 0.2) is 42.7 Å². The van der Waals surface area contributed by atoms with Crippen molar-refractivity contribution in [3.8, 4) is 11.4 Å². The highest BCUT2D eigenvalue weighted by molar-refractivity contribution is 8.01. The second-order valence-corrected chi connectivity index (χ2v) is 7.41. The Kier molecular flexibility index (Phi) is 4.96. The van der Waals surface area contributed by atoms with Gasteiger partial charge in [0.25, 0.3) is 0 Å². The molecule has 0 fully saturated rings. The van der Waals surface area contributed by atoms with Crippen LogP contribution in [0.3, 0.4) is 0 Å². The van der Waals surface area contributed by atoms with Gasteiger partial charge in [0.1, 0.15) is 0 Å². The van der Waals surface area contributed by atoms with Gasteiger partial charge >= 0.3 is 0 Å². The normalized spacial score (nSPS) is 11.2. The van der Waals surface area contributed by atoms with Gasteiger partial charge in [-0.3, -0.25) is 4.79 Å². The molecule has 0 aliphatic carbocycles. The molecule has 2 rings (SSSR count). The van der Waals surface area contributed by atoms with Gasteiger partial charge in [-0.15, -0.1) is 11.8 Å². The lowest BCUT2D eigenvalue weighted by molar-refractivity contribution is -0.113. The molecule has 21 heavy (non-hydrogen) atoms. The Labute approximate surface area is 129 Å². The van der Waals surface area contributed by atoms with E-state index in [-0.39, 0.29) is 10.7 Å². The molecule has 2 aromatic rings. The molecule has 1 aromatic carbocycles. The highest BCUT2D eigenvalue weighted by Crippen LogP contribution is 2.23. The van der Waals surface area contributed by atoms with Crippen molar-refractivity contribution in [2.45, 2.75) is 25.5 Å². The Bertz CT molecular complexity index is 591. The van der Waals surface area contributed by atoms with Gasteiger partial charge in [-0.1, -0.05) is 51.1 Å². The van der Waals surface area contributed by atoms with E-state index in [2.05, 4.69) is 36.1 Å². The molecule has 0 atom stereocenters. The number of nitrogens with zero attached hydrogens (tertiary/aromatic N) is 2. The Balaban J connectivity index is 1.95. The summed E-state index contributed by atoms with van der Waals surface area (Å²) in [6.45, 7) is 6.26. The molecule has 4 nitrogen and oxygen atoms in total. The summed E-state index contributed by atoms with van der Waals surface area (Å²) in [6, 6.07) is 9.74. The van der Waals surface area contributed by atoms with Crippen molar-refractivity contribution >= 4 is 23.4 Å². The summed E-state index contributed by atoms with van der Waals surface area (Å²) in [5.74, 6) is 1.04. The van der Waals surface area contributed by atoms with E-state index in [0.29, 0.717) is 17.3 Å². The number of rotatable bonds is 4. The maximum Gasteiger partial charge on any atom is 0.234 e. The van der Waals surface area contributed by atoms with Crippen LogP contribution in [0.4, 0.5) is 5.69 Å². The number of anilines is 1. The van der Waals surface area contributed by atoms with E-state index < -0.39 is 0 Å². The van der Waals surface area contributed by atoms with Crippen LogP contribution in [-0.2, 0) is 4.79 Å². The lowest BCUT2D eigenvalue weighted by Gasteiger charge is -2.16. The number of hydrogen-bond donors (Lipinski definition) is 1. The van der Waals surface area contributed by atoms with Crippen molar-refractivity contribution in [3.05, 3.63) is 42.7 Å². The molecule has 110 valence electrons. The summed E-state index contributed by atoms with van der Waals surface area (Å²) in [6.07, 6.45) is 3.27. The van der Waals surface area contributed by atoms with Crippen LogP contribution in [-0.4, -0.2) is 26.4 Å². The van der Waals surface area contributed by atoms with Crippen LogP contribution in [0.2, 0.25) is 0 Å². The monoisotopic (exact) mass is 301 g/mol. The summed E-state index contributed by atoms with van der Waals surface area (Å²) < 4.78 is 0.0744. The van der Waals surface area contributed by atoms with Gasteiger partial charge in [-0.2, -0.15) is 0 Å². The first-order chi connectivity index (χ1) is 9.94. The van der Waals surface area contributed by atoms with Gasteiger partial charge in [0.05, 0.1) is 23.8 Å². The van der Waals surface area contributed by atoms with Crippen molar-refractivity contribution in [3.63, 3.8) is 0 Å². The maximum atomic E-state index is 11.8. The van der Waals surface area contributed by atoms with Crippen LogP contribution < -0.4 is 5.32 Å². The van der Waals surface area contributed by atoms with E-state index in [9.17, 15) is 4.79 Å². The standard InChI is InChI=1S/C16H19N3OS/c1-16(2,3)21-11-14(20)19-13-9-17-15(18-10-13)12-7-5-4-6-8-12/h4-10H,11H2,1-3H3,(H,19,20). The third-order valence-corrected chi connectivity index (χ3v) is 3.88. The number of thioether (sulfide) groups is 1. The Morgan fingerprint density at radius 3 is 2.33 bits per heavy atom. The van der Waals surface area contributed by atoms with Crippen LogP contribution in [0.1, 0.15) is 20.8 Å². The van der Waals surface area contributed by atoms with Gasteiger partial charge in [-0.25, -0.2) is 9.97 Å². The predicted octanol–water partition coefficient (Wildman–Crippen LogP) is 3.61. The molecule has 0 bridgehead atoms. The Morgan fingerprint density at radius 1 is 1.14 bits per heavy atom.